The third-order valence-corrected chi connectivity index (χ3v) is 4.33. The van der Waals surface area contributed by atoms with Crippen molar-refractivity contribution in [1.29, 1.82) is 0 Å². The average Bonchev–Trinajstić information content (AvgIpc) is 2.49. The van der Waals surface area contributed by atoms with Crippen molar-refractivity contribution in [2.75, 3.05) is 33.3 Å². The lowest BCUT2D eigenvalue weighted by atomic mass is 9.75. The van der Waals surface area contributed by atoms with Gasteiger partial charge in [-0.15, -0.1) is 0 Å². The summed E-state index contributed by atoms with van der Waals surface area (Å²) in [7, 11) is 1.83. The van der Waals surface area contributed by atoms with Gasteiger partial charge in [-0.05, 0) is 25.8 Å². The second-order valence-electron chi connectivity index (χ2n) is 5.31. The molecular weight excluding hydrogens is 176 g/mol. The fourth-order valence-electron chi connectivity index (χ4n) is 3.17. The van der Waals surface area contributed by atoms with Crippen LogP contribution in [0.25, 0.3) is 0 Å². The van der Waals surface area contributed by atoms with E-state index in [1.165, 1.54) is 45.4 Å². The molecule has 0 atom stereocenters. The van der Waals surface area contributed by atoms with Crippen LogP contribution in [0.3, 0.4) is 0 Å². The molecule has 0 aromatic rings. The molecule has 1 spiro atoms. The molecule has 3 heteroatoms. The average molecular weight is 196 g/mol. The maximum atomic E-state index is 5.31. The summed E-state index contributed by atoms with van der Waals surface area (Å²) in [6.07, 6.45) is 4.47. The van der Waals surface area contributed by atoms with Gasteiger partial charge in [0.1, 0.15) is 0 Å². The standard InChI is InChI=1S/C11H20N2O/c1-14-10-4-9(5-10)13-7-11(8-13)2-3-12-6-11/h9-10,12H,2-8H2,1H3. The monoisotopic (exact) mass is 196 g/mol. The lowest BCUT2D eigenvalue weighted by Gasteiger charge is -2.55. The number of methoxy groups -OCH3 is 1. The molecule has 0 aromatic heterocycles. The van der Waals surface area contributed by atoms with E-state index in [9.17, 15) is 0 Å². The van der Waals surface area contributed by atoms with Crippen molar-refractivity contribution < 1.29 is 4.74 Å². The first-order valence-electron chi connectivity index (χ1n) is 5.79. The fourth-order valence-corrected chi connectivity index (χ4v) is 3.17. The molecule has 1 N–H and O–H groups in total. The Kier molecular flexibility index (Phi) is 2.08. The quantitative estimate of drug-likeness (QED) is 0.694. The van der Waals surface area contributed by atoms with Crippen LogP contribution in [0.5, 0.6) is 0 Å². The first-order chi connectivity index (χ1) is 6.81. The van der Waals surface area contributed by atoms with E-state index in [0.717, 1.165) is 6.04 Å². The molecule has 1 aliphatic carbocycles. The summed E-state index contributed by atoms with van der Waals surface area (Å²) in [6.45, 7) is 5.16. The van der Waals surface area contributed by atoms with Crippen LogP contribution in [0.15, 0.2) is 0 Å². The van der Waals surface area contributed by atoms with Gasteiger partial charge in [-0.3, -0.25) is 4.90 Å². The van der Waals surface area contributed by atoms with Crippen LogP contribution < -0.4 is 5.32 Å². The summed E-state index contributed by atoms with van der Waals surface area (Å²) in [6, 6.07) is 0.839. The molecule has 0 unspecified atom stereocenters. The highest BCUT2D eigenvalue weighted by Crippen LogP contribution is 2.41. The van der Waals surface area contributed by atoms with E-state index in [4.69, 9.17) is 4.74 Å². The minimum atomic E-state index is 0.554. The number of nitrogens with one attached hydrogen (secondary N) is 1. The number of likely N-dealkylation sites (tertiary alicyclic amines) is 1. The van der Waals surface area contributed by atoms with Crippen molar-refractivity contribution in [3.63, 3.8) is 0 Å². The Bertz CT molecular complexity index is 211. The van der Waals surface area contributed by atoms with Gasteiger partial charge in [0, 0.05) is 38.2 Å². The topological polar surface area (TPSA) is 24.5 Å². The Morgan fingerprint density at radius 1 is 1.36 bits per heavy atom. The Morgan fingerprint density at radius 3 is 2.71 bits per heavy atom. The zero-order valence-corrected chi connectivity index (χ0v) is 8.96. The Balaban J connectivity index is 1.46. The molecule has 80 valence electrons. The molecule has 0 amide bonds. The Labute approximate surface area is 85.8 Å². The zero-order valence-electron chi connectivity index (χ0n) is 8.96. The van der Waals surface area contributed by atoms with Crippen molar-refractivity contribution >= 4 is 0 Å². The van der Waals surface area contributed by atoms with Crippen molar-refractivity contribution in [3.05, 3.63) is 0 Å². The van der Waals surface area contributed by atoms with E-state index >= 15 is 0 Å². The summed E-state index contributed by atoms with van der Waals surface area (Å²) in [5.41, 5.74) is 0.665. The number of nitrogens with zero attached hydrogens (tertiary/aromatic N) is 1. The van der Waals surface area contributed by atoms with Gasteiger partial charge < -0.3 is 10.1 Å². The molecule has 1 saturated carbocycles. The number of rotatable bonds is 2. The molecule has 3 rings (SSSR count). The van der Waals surface area contributed by atoms with Crippen molar-refractivity contribution in [1.82, 2.24) is 10.2 Å². The first-order valence-corrected chi connectivity index (χ1v) is 5.79. The minimum absolute atomic E-state index is 0.554. The molecule has 3 aliphatic rings. The maximum absolute atomic E-state index is 5.31. The fraction of sp³-hybridized carbons (Fsp3) is 1.00. The van der Waals surface area contributed by atoms with Crippen molar-refractivity contribution in [3.8, 4) is 0 Å². The molecule has 3 nitrogen and oxygen atoms in total. The van der Waals surface area contributed by atoms with Crippen LogP contribution in [-0.2, 0) is 4.74 Å². The molecule has 14 heavy (non-hydrogen) atoms. The molecule has 3 fully saturated rings. The highest BCUT2D eigenvalue weighted by atomic mass is 16.5. The van der Waals surface area contributed by atoms with Gasteiger partial charge in [-0.1, -0.05) is 0 Å². The van der Waals surface area contributed by atoms with E-state index in [-0.39, 0.29) is 0 Å². The van der Waals surface area contributed by atoms with Gasteiger partial charge in [0.25, 0.3) is 0 Å². The molecule has 2 heterocycles. The van der Waals surface area contributed by atoms with Crippen LogP contribution in [0.1, 0.15) is 19.3 Å². The molecule has 2 saturated heterocycles. The lowest BCUT2D eigenvalue weighted by Crippen LogP contribution is -2.64. The molecule has 0 radical (unpaired) electrons. The minimum Gasteiger partial charge on any atom is -0.381 e. The second kappa shape index (κ2) is 3.19. The van der Waals surface area contributed by atoms with E-state index in [0.29, 0.717) is 11.5 Å². The van der Waals surface area contributed by atoms with Gasteiger partial charge in [0.05, 0.1) is 6.10 Å². The van der Waals surface area contributed by atoms with Crippen LogP contribution in [0.2, 0.25) is 0 Å². The summed E-state index contributed by atoms with van der Waals surface area (Å²) in [4.78, 5) is 2.66. The summed E-state index contributed by atoms with van der Waals surface area (Å²) >= 11 is 0. The SMILES string of the molecule is COC1CC(N2CC3(CCNC3)C2)C1. The number of ether oxygens (including phenoxy) is 1. The lowest BCUT2D eigenvalue weighted by molar-refractivity contribution is -0.0926. The summed E-state index contributed by atoms with van der Waals surface area (Å²) in [5.74, 6) is 0. The van der Waals surface area contributed by atoms with E-state index in [2.05, 4.69) is 10.2 Å². The van der Waals surface area contributed by atoms with Gasteiger partial charge in [-0.2, -0.15) is 0 Å². The maximum Gasteiger partial charge on any atom is 0.0601 e. The highest BCUT2D eigenvalue weighted by molar-refractivity contribution is 5.04. The third kappa shape index (κ3) is 1.30. The van der Waals surface area contributed by atoms with E-state index in [1.54, 1.807) is 0 Å². The summed E-state index contributed by atoms with van der Waals surface area (Å²) < 4.78 is 5.31. The molecule has 0 bridgehead atoms. The summed E-state index contributed by atoms with van der Waals surface area (Å²) in [5, 5.41) is 3.48. The van der Waals surface area contributed by atoms with Gasteiger partial charge in [0.15, 0.2) is 0 Å². The van der Waals surface area contributed by atoms with E-state index in [1.807, 2.05) is 7.11 Å². The van der Waals surface area contributed by atoms with Crippen LogP contribution >= 0.6 is 0 Å². The Hall–Kier alpha value is -0.120. The highest BCUT2D eigenvalue weighted by Gasteiger charge is 2.49. The van der Waals surface area contributed by atoms with Crippen LogP contribution in [0.4, 0.5) is 0 Å². The zero-order chi connectivity index (χ0) is 9.60. The third-order valence-electron chi connectivity index (χ3n) is 4.33. The van der Waals surface area contributed by atoms with E-state index < -0.39 is 0 Å². The largest absolute Gasteiger partial charge is 0.381 e. The van der Waals surface area contributed by atoms with Gasteiger partial charge in [-0.25, -0.2) is 0 Å². The van der Waals surface area contributed by atoms with Crippen LogP contribution in [0, 0.1) is 5.41 Å². The molecule has 2 aliphatic heterocycles. The number of hydrogen-bond donors (Lipinski definition) is 1. The van der Waals surface area contributed by atoms with Crippen molar-refractivity contribution in [2.45, 2.75) is 31.4 Å². The van der Waals surface area contributed by atoms with Gasteiger partial charge in [0.2, 0.25) is 0 Å². The molecular formula is C11H20N2O. The first kappa shape index (κ1) is 9.13. The predicted molar refractivity (Wildman–Crippen MR) is 55.3 cm³/mol. The Morgan fingerprint density at radius 2 is 2.14 bits per heavy atom. The number of hydrogen-bond acceptors (Lipinski definition) is 3. The smallest absolute Gasteiger partial charge is 0.0601 e. The second-order valence-corrected chi connectivity index (χ2v) is 5.31. The predicted octanol–water partition coefficient (Wildman–Crippen LogP) is 0.459. The van der Waals surface area contributed by atoms with Crippen molar-refractivity contribution in [2.24, 2.45) is 5.41 Å². The van der Waals surface area contributed by atoms with Gasteiger partial charge >= 0.3 is 0 Å². The normalized spacial score (nSPS) is 40.9. The van der Waals surface area contributed by atoms with Crippen LogP contribution in [-0.4, -0.2) is 50.3 Å². The molecule has 0 aromatic carbocycles.